The molecule has 1 aliphatic rings. The van der Waals surface area contributed by atoms with E-state index in [1.165, 1.54) is 30.5 Å². The number of nitrogens with one attached hydrogen (secondary N) is 2. The van der Waals surface area contributed by atoms with Crippen molar-refractivity contribution in [1.29, 1.82) is 0 Å². The van der Waals surface area contributed by atoms with Gasteiger partial charge in [-0.3, -0.25) is 0 Å². The monoisotopic (exact) mass is 331 g/mol. The minimum absolute atomic E-state index is 0.282. The van der Waals surface area contributed by atoms with E-state index in [4.69, 9.17) is 9.47 Å². The van der Waals surface area contributed by atoms with Crippen LogP contribution in [0.3, 0.4) is 0 Å². The van der Waals surface area contributed by atoms with Crippen molar-refractivity contribution in [3.05, 3.63) is 48.4 Å². The summed E-state index contributed by atoms with van der Waals surface area (Å²) in [5.74, 6) is 0.891. The molecule has 0 spiro atoms. The first-order valence-corrected chi connectivity index (χ1v) is 7.71. The number of urea groups is 1. The van der Waals surface area contributed by atoms with Gasteiger partial charge in [0.1, 0.15) is 11.6 Å². The van der Waals surface area contributed by atoms with E-state index in [-0.39, 0.29) is 11.8 Å². The van der Waals surface area contributed by atoms with Gasteiger partial charge in [0.15, 0.2) is 0 Å². The highest BCUT2D eigenvalue weighted by Crippen LogP contribution is 2.20. The lowest BCUT2D eigenvalue weighted by atomic mass is 10.1. The smallest absolute Gasteiger partial charge is 0.319 e. The first kappa shape index (κ1) is 16.2. The summed E-state index contributed by atoms with van der Waals surface area (Å²) < 4.78 is 23.6. The van der Waals surface area contributed by atoms with Crippen LogP contribution in [0, 0.1) is 11.7 Å². The van der Waals surface area contributed by atoms with Gasteiger partial charge in [-0.25, -0.2) is 14.2 Å². The first-order valence-electron chi connectivity index (χ1n) is 7.71. The van der Waals surface area contributed by atoms with Crippen LogP contribution in [0.4, 0.5) is 14.9 Å². The van der Waals surface area contributed by atoms with E-state index in [1.54, 1.807) is 12.1 Å². The number of hydrogen-bond acceptors (Lipinski definition) is 4. The molecule has 1 aromatic carbocycles. The molecule has 3 rings (SSSR count). The summed E-state index contributed by atoms with van der Waals surface area (Å²) in [6.45, 7) is 2.04. The molecule has 1 aliphatic heterocycles. The average molecular weight is 331 g/mol. The zero-order valence-electron chi connectivity index (χ0n) is 13.0. The Morgan fingerprint density at radius 2 is 2.12 bits per heavy atom. The van der Waals surface area contributed by atoms with E-state index in [2.05, 4.69) is 15.6 Å². The van der Waals surface area contributed by atoms with Crippen molar-refractivity contribution in [3.8, 4) is 11.6 Å². The molecule has 0 bridgehead atoms. The molecular formula is C17H18FN3O3. The highest BCUT2D eigenvalue weighted by atomic mass is 19.1. The molecule has 6 nitrogen and oxygen atoms in total. The van der Waals surface area contributed by atoms with Gasteiger partial charge in [0.25, 0.3) is 0 Å². The molecule has 1 aromatic heterocycles. The zero-order valence-corrected chi connectivity index (χ0v) is 13.0. The molecule has 2 N–H and O–H groups in total. The number of hydrogen-bond donors (Lipinski definition) is 2. The van der Waals surface area contributed by atoms with Crippen LogP contribution in [0.15, 0.2) is 42.6 Å². The number of anilines is 1. The van der Waals surface area contributed by atoms with Crippen LogP contribution >= 0.6 is 0 Å². The molecule has 1 atom stereocenters. The normalized spacial score (nSPS) is 16.6. The van der Waals surface area contributed by atoms with E-state index < -0.39 is 0 Å². The third-order valence-corrected chi connectivity index (χ3v) is 3.61. The maximum absolute atomic E-state index is 12.8. The summed E-state index contributed by atoms with van der Waals surface area (Å²) in [6, 6.07) is 8.69. The van der Waals surface area contributed by atoms with E-state index in [9.17, 15) is 9.18 Å². The fourth-order valence-electron chi connectivity index (χ4n) is 2.29. The van der Waals surface area contributed by atoms with Crippen LogP contribution in [-0.2, 0) is 4.74 Å². The quantitative estimate of drug-likeness (QED) is 0.883. The maximum atomic E-state index is 12.8. The van der Waals surface area contributed by atoms with Crippen LogP contribution < -0.4 is 15.4 Å². The van der Waals surface area contributed by atoms with Gasteiger partial charge in [-0.05, 0) is 36.8 Å². The Hall–Kier alpha value is -2.67. The Bertz CT molecular complexity index is 670. The number of carbonyl (C=O) groups is 1. The SMILES string of the molecule is O=C(NC[C@@H]1CCOC1)Nc1ccc(Oc2ccc(F)cc2)nc1. The standard InChI is InChI=1S/C17H18FN3O3/c18-13-1-4-15(5-2-13)24-16-6-3-14(10-19-16)21-17(22)20-9-12-7-8-23-11-12/h1-6,10,12H,7-9,11H2,(H2,20,21,22)/t12-/m0/s1. The molecule has 2 amide bonds. The van der Waals surface area contributed by atoms with Crippen molar-refractivity contribution in [3.63, 3.8) is 0 Å². The van der Waals surface area contributed by atoms with Crippen LogP contribution in [-0.4, -0.2) is 30.8 Å². The number of amides is 2. The van der Waals surface area contributed by atoms with Crippen molar-refractivity contribution in [1.82, 2.24) is 10.3 Å². The first-order chi connectivity index (χ1) is 11.7. The minimum atomic E-state index is -0.329. The fourth-order valence-corrected chi connectivity index (χ4v) is 2.29. The molecule has 2 heterocycles. The van der Waals surface area contributed by atoms with Crippen molar-refractivity contribution in [2.45, 2.75) is 6.42 Å². The lowest BCUT2D eigenvalue weighted by Gasteiger charge is -2.11. The summed E-state index contributed by atoms with van der Waals surface area (Å²) >= 11 is 0. The average Bonchev–Trinajstić information content (AvgIpc) is 3.10. The third-order valence-electron chi connectivity index (χ3n) is 3.61. The van der Waals surface area contributed by atoms with E-state index >= 15 is 0 Å². The molecular weight excluding hydrogens is 313 g/mol. The predicted octanol–water partition coefficient (Wildman–Crippen LogP) is 3.17. The summed E-state index contributed by atoms with van der Waals surface area (Å²) in [7, 11) is 0. The second kappa shape index (κ2) is 7.74. The Labute approximate surface area is 139 Å². The van der Waals surface area contributed by atoms with Gasteiger partial charge in [0, 0.05) is 25.1 Å². The Morgan fingerprint density at radius 1 is 1.29 bits per heavy atom. The largest absolute Gasteiger partial charge is 0.439 e. The number of ether oxygens (including phenoxy) is 2. The van der Waals surface area contributed by atoms with Crippen molar-refractivity contribution in [2.24, 2.45) is 5.92 Å². The lowest BCUT2D eigenvalue weighted by molar-refractivity contribution is 0.185. The summed E-state index contributed by atoms with van der Waals surface area (Å²) in [4.78, 5) is 15.9. The minimum Gasteiger partial charge on any atom is -0.439 e. The van der Waals surface area contributed by atoms with Crippen LogP contribution in [0.1, 0.15) is 6.42 Å². The Balaban J connectivity index is 1.48. The second-order valence-corrected chi connectivity index (χ2v) is 5.51. The number of pyridine rings is 1. The van der Waals surface area contributed by atoms with Gasteiger partial charge in [-0.15, -0.1) is 0 Å². The molecule has 1 fully saturated rings. The second-order valence-electron chi connectivity index (χ2n) is 5.51. The molecule has 1 saturated heterocycles. The van der Waals surface area contributed by atoms with Crippen molar-refractivity contribution >= 4 is 11.7 Å². The molecule has 7 heteroatoms. The molecule has 2 aromatic rings. The highest BCUT2D eigenvalue weighted by molar-refractivity contribution is 5.89. The van der Waals surface area contributed by atoms with Crippen molar-refractivity contribution < 1.29 is 18.7 Å². The molecule has 0 aliphatic carbocycles. The Kier molecular flexibility index (Phi) is 5.22. The van der Waals surface area contributed by atoms with Crippen molar-refractivity contribution in [2.75, 3.05) is 25.1 Å². The van der Waals surface area contributed by atoms with E-state index in [0.29, 0.717) is 36.4 Å². The number of halogens is 1. The number of aromatic nitrogens is 1. The van der Waals surface area contributed by atoms with Gasteiger partial charge in [-0.1, -0.05) is 0 Å². The van der Waals surface area contributed by atoms with E-state index in [0.717, 1.165) is 13.0 Å². The van der Waals surface area contributed by atoms with E-state index in [1.807, 2.05) is 0 Å². The van der Waals surface area contributed by atoms with Gasteiger partial charge < -0.3 is 20.1 Å². The van der Waals surface area contributed by atoms with Crippen LogP contribution in [0.25, 0.3) is 0 Å². The van der Waals surface area contributed by atoms with Gasteiger partial charge >= 0.3 is 6.03 Å². The molecule has 24 heavy (non-hydrogen) atoms. The van der Waals surface area contributed by atoms with Crippen LogP contribution in [0.2, 0.25) is 0 Å². The van der Waals surface area contributed by atoms with Gasteiger partial charge in [0.2, 0.25) is 5.88 Å². The lowest BCUT2D eigenvalue weighted by Crippen LogP contribution is -2.33. The number of nitrogens with zero attached hydrogens (tertiary/aromatic N) is 1. The third kappa shape index (κ3) is 4.66. The molecule has 126 valence electrons. The summed E-state index contributed by atoms with van der Waals surface area (Å²) in [5.41, 5.74) is 0.557. The molecule has 0 saturated carbocycles. The number of benzene rings is 1. The van der Waals surface area contributed by atoms with Crippen LogP contribution in [0.5, 0.6) is 11.6 Å². The Morgan fingerprint density at radius 3 is 2.79 bits per heavy atom. The summed E-state index contributed by atoms with van der Waals surface area (Å²) in [6.07, 6.45) is 2.47. The highest BCUT2D eigenvalue weighted by Gasteiger charge is 2.16. The molecule has 0 radical (unpaired) electrons. The predicted molar refractivity (Wildman–Crippen MR) is 86.7 cm³/mol. The summed E-state index contributed by atoms with van der Waals surface area (Å²) in [5, 5.41) is 5.51. The number of carbonyl (C=O) groups excluding carboxylic acids is 1. The number of rotatable bonds is 5. The fraction of sp³-hybridized carbons (Fsp3) is 0.294. The van der Waals surface area contributed by atoms with Gasteiger partial charge in [-0.2, -0.15) is 0 Å². The topological polar surface area (TPSA) is 72.5 Å². The molecule has 0 unspecified atom stereocenters. The zero-order chi connectivity index (χ0) is 16.8. The van der Waals surface area contributed by atoms with Gasteiger partial charge in [0.05, 0.1) is 18.5 Å². The maximum Gasteiger partial charge on any atom is 0.319 e.